The third kappa shape index (κ3) is 1.77. The number of hydrogen-bond acceptors (Lipinski definition) is 5. The highest BCUT2D eigenvalue weighted by Gasteiger charge is 2.21. The molecule has 2 N–H and O–H groups in total. The van der Waals surface area contributed by atoms with Gasteiger partial charge in [0, 0.05) is 26.2 Å². The fraction of sp³-hybridized carbons (Fsp3) is 0.556. The van der Waals surface area contributed by atoms with E-state index in [1.54, 1.807) is 0 Å². The highest BCUT2D eigenvalue weighted by Crippen LogP contribution is 2.19. The highest BCUT2D eigenvalue weighted by molar-refractivity contribution is 5.48. The molecule has 0 amide bonds. The molecule has 1 aromatic heterocycles. The maximum atomic E-state index is 9.39. The van der Waals surface area contributed by atoms with Gasteiger partial charge in [-0.3, -0.25) is 0 Å². The Hall–Kier alpha value is -1.36. The van der Waals surface area contributed by atoms with Crippen molar-refractivity contribution in [1.29, 1.82) is 0 Å². The third-order valence-electron chi connectivity index (χ3n) is 2.40. The summed E-state index contributed by atoms with van der Waals surface area (Å²) in [5, 5.41) is 12.3. The monoisotopic (exact) mass is 194 g/mol. The maximum Gasteiger partial charge on any atom is 0.134 e. The molecule has 0 bridgehead atoms. The molecule has 1 aliphatic rings. The van der Waals surface area contributed by atoms with Crippen LogP contribution in [0, 0.1) is 0 Å². The average molecular weight is 194 g/mol. The smallest absolute Gasteiger partial charge is 0.134 e. The quantitative estimate of drug-likeness (QED) is 0.698. The molecule has 1 aliphatic heterocycles. The first-order valence-corrected chi connectivity index (χ1v) is 4.72. The Morgan fingerprint density at radius 3 is 3.07 bits per heavy atom. The van der Waals surface area contributed by atoms with Crippen molar-refractivity contribution < 1.29 is 5.11 Å². The standard InChI is InChI=1S/C9H14N4O/c1-10-8-4-9(12-6-11-8)13-3-2-7(14)5-13/h4,6-7,14H,2-3,5H2,1H3,(H,10,11,12)/t7-/m1/s1. The molecule has 5 heteroatoms. The molecular formula is C9H14N4O. The fourth-order valence-electron chi connectivity index (χ4n) is 1.61. The van der Waals surface area contributed by atoms with E-state index in [0.29, 0.717) is 6.54 Å². The molecule has 0 unspecified atom stereocenters. The van der Waals surface area contributed by atoms with Crippen LogP contribution in [0.4, 0.5) is 11.6 Å². The zero-order valence-electron chi connectivity index (χ0n) is 8.14. The van der Waals surface area contributed by atoms with Gasteiger partial charge >= 0.3 is 0 Å². The second kappa shape index (κ2) is 3.79. The molecule has 1 saturated heterocycles. The largest absolute Gasteiger partial charge is 0.391 e. The van der Waals surface area contributed by atoms with Crippen molar-refractivity contribution in [3.63, 3.8) is 0 Å². The molecule has 0 spiro atoms. The van der Waals surface area contributed by atoms with Crippen LogP contribution < -0.4 is 10.2 Å². The maximum absolute atomic E-state index is 9.39. The van der Waals surface area contributed by atoms with Gasteiger partial charge in [0.05, 0.1) is 6.10 Å². The van der Waals surface area contributed by atoms with E-state index in [9.17, 15) is 5.11 Å². The molecule has 14 heavy (non-hydrogen) atoms. The molecule has 76 valence electrons. The summed E-state index contributed by atoms with van der Waals surface area (Å²) >= 11 is 0. The van der Waals surface area contributed by atoms with E-state index < -0.39 is 0 Å². The number of rotatable bonds is 2. The van der Waals surface area contributed by atoms with E-state index in [0.717, 1.165) is 24.6 Å². The minimum absolute atomic E-state index is 0.219. The first kappa shape index (κ1) is 9.21. The first-order chi connectivity index (χ1) is 6.79. The van der Waals surface area contributed by atoms with E-state index in [2.05, 4.69) is 20.2 Å². The van der Waals surface area contributed by atoms with E-state index in [1.165, 1.54) is 6.33 Å². The lowest BCUT2D eigenvalue weighted by molar-refractivity contribution is 0.198. The van der Waals surface area contributed by atoms with E-state index in [1.807, 2.05) is 13.1 Å². The average Bonchev–Trinajstić information content (AvgIpc) is 2.65. The van der Waals surface area contributed by atoms with Gasteiger partial charge in [0.25, 0.3) is 0 Å². The van der Waals surface area contributed by atoms with Crippen molar-refractivity contribution >= 4 is 11.6 Å². The molecule has 5 nitrogen and oxygen atoms in total. The summed E-state index contributed by atoms with van der Waals surface area (Å²) < 4.78 is 0. The molecule has 2 heterocycles. The van der Waals surface area contributed by atoms with Gasteiger partial charge in [-0.2, -0.15) is 0 Å². The van der Waals surface area contributed by atoms with Crippen LogP contribution in [0.5, 0.6) is 0 Å². The molecule has 0 aromatic carbocycles. The molecule has 2 rings (SSSR count). The third-order valence-corrected chi connectivity index (χ3v) is 2.40. The minimum atomic E-state index is -0.219. The Morgan fingerprint density at radius 1 is 1.57 bits per heavy atom. The second-order valence-corrected chi connectivity index (χ2v) is 3.40. The van der Waals surface area contributed by atoms with E-state index in [4.69, 9.17) is 0 Å². The number of nitrogens with zero attached hydrogens (tertiary/aromatic N) is 3. The number of anilines is 2. The number of nitrogens with one attached hydrogen (secondary N) is 1. The predicted molar refractivity (Wildman–Crippen MR) is 54.4 cm³/mol. The predicted octanol–water partition coefficient (Wildman–Crippen LogP) is 0.0893. The highest BCUT2D eigenvalue weighted by atomic mass is 16.3. The molecule has 1 fully saturated rings. The lowest BCUT2D eigenvalue weighted by Gasteiger charge is -2.16. The molecule has 1 aromatic rings. The van der Waals surface area contributed by atoms with Gasteiger partial charge in [0.2, 0.25) is 0 Å². The lowest BCUT2D eigenvalue weighted by atomic mass is 10.3. The summed E-state index contributed by atoms with van der Waals surface area (Å²) in [6.45, 7) is 1.53. The summed E-state index contributed by atoms with van der Waals surface area (Å²) in [5.74, 6) is 1.68. The van der Waals surface area contributed by atoms with Gasteiger partial charge in [-0.25, -0.2) is 9.97 Å². The van der Waals surface area contributed by atoms with Crippen LogP contribution in [0.2, 0.25) is 0 Å². The summed E-state index contributed by atoms with van der Waals surface area (Å²) in [4.78, 5) is 10.3. The SMILES string of the molecule is CNc1cc(N2CC[C@@H](O)C2)ncn1. The van der Waals surface area contributed by atoms with E-state index >= 15 is 0 Å². The van der Waals surface area contributed by atoms with Crippen LogP contribution in [0.3, 0.4) is 0 Å². The van der Waals surface area contributed by atoms with Gasteiger partial charge < -0.3 is 15.3 Å². The molecular weight excluding hydrogens is 180 g/mol. The Morgan fingerprint density at radius 2 is 2.43 bits per heavy atom. The van der Waals surface area contributed by atoms with Crippen LogP contribution in [0.1, 0.15) is 6.42 Å². The normalized spacial score (nSPS) is 21.3. The van der Waals surface area contributed by atoms with Crippen molar-refractivity contribution in [2.45, 2.75) is 12.5 Å². The first-order valence-electron chi connectivity index (χ1n) is 4.72. The zero-order chi connectivity index (χ0) is 9.97. The number of aliphatic hydroxyl groups excluding tert-OH is 1. The van der Waals surface area contributed by atoms with Crippen molar-refractivity contribution in [1.82, 2.24) is 9.97 Å². The zero-order valence-corrected chi connectivity index (χ0v) is 8.14. The van der Waals surface area contributed by atoms with Gasteiger partial charge in [0.15, 0.2) is 0 Å². The number of β-amino-alcohol motifs (C(OH)–C–C–N with tert-alkyl or cyclic N) is 1. The van der Waals surface area contributed by atoms with Gasteiger partial charge in [-0.05, 0) is 6.42 Å². The van der Waals surface area contributed by atoms with E-state index in [-0.39, 0.29) is 6.10 Å². The number of aliphatic hydroxyl groups is 1. The van der Waals surface area contributed by atoms with Crippen LogP contribution >= 0.6 is 0 Å². The number of aromatic nitrogens is 2. The summed E-state index contributed by atoms with van der Waals surface area (Å²) in [5.41, 5.74) is 0. The van der Waals surface area contributed by atoms with Crippen molar-refractivity contribution in [3.8, 4) is 0 Å². The Balaban J connectivity index is 2.15. The molecule has 0 radical (unpaired) electrons. The minimum Gasteiger partial charge on any atom is -0.391 e. The van der Waals surface area contributed by atoms with Crippen LogP contribution in [-0.4, -0.2) is 41.3 Å². The topological polar surface area (TPSA) is 61.3 Å². The van der Waals surface area contributed by atoms with Gasteiger partial charge in [-0.1, -0.05) is 0 Å². The lowest BCUT2D eigenvalue weighted by Crippen LogP contribution is -2.22. The van der Waals surface area contributed by atoms with Crippen molar-refractivity contribution in [2.24, 2.45) is 0 Å². The summed E-state index contributed by atoms with van der Waals surface area (Å²) in [7, 11) is 1.82. The fourth-order valence-corrected chi connectivity index (χ4v) is 1.61. The van der Waals surface area contributed by atoms with Crippen LogP contribution in [0.15, 0.2) is 12.4 Å². The van der Waals surface area contributed by atoms with Crippen molar-refractivity contribution in [3.05, 3.63) is 12.4 Å². The molecule has 1 atom stereocenters. The van der Waals surface area contributed by atoms with Crippen molar-refractivity contribution in [2.75, 3.05) is 30.4 Å². The molecule has 0 saturated carbocycles. The Labute approximate surface area is 82.8 Å². The Kier molecular flexibility index (Phi) is 2.49. The molecule has 0 aliphatic carbocycles. The van der Waals surface area contributed by atoms with Gasteiger partial charge in [-0.15, -0.1) is 0 Å². The van der Waals surface area contributed by atoms with Crippen LogP contribution in [-0.2, 0) is 0 Å². The number of hydrogen-bond donors (Lipinski definition) is 2. The second-order valence-electron chi connectivity index (χ2n) is 3.40. The summed E-state index contributed by atoms with van der Waals surface area (Å²) in [6, 6.07) is 1.89. The van der Waals surface area contributed by atoms with Crippen LogP contribution in [0.25, 0.3) is 0 Å². The van der Waals surface area contributed by atoms with Gasteiger partial charge in [0.1, 0.15) is 18.0 Å². The Bertz CT molecular complexity index is 317. The summed E-state index contributed by atoms with van der Waals surface area (Å²) in [6.07, 6.45) is 2.13.